The molecule has 0 radical (unpaired) electrons. The molecule has 102 valence electrons. The molecular weight excluding hydrogens is 265 g/mol. The molecule has 19 heavy (non-hydrogen) atoms. The third-order valence-corrected chi connectivity index (χ3v) is 3.35. The van der Waals surface area contributed by atoms with Crippen LogP contribution in [-0.4, -0.2) is 24.4 Å². The van der Waals surface area contributed by atoms with Gasteiger partial charge in [0.2, 0.25) is 0 Å². The van der Waals surface area contributed by atoms with Crippen molar-refractivity contribution in [1.82, 2.24) is 0 Å². The number of ether oxygens (including phenoxy) is 1. The van der Waals surface area contributed by atoms with Crippen LogP contribution in [0.5, 0.6) is 0 Å². The van der Waals surface area contributed by atoms with E-state index in [1.807, 2.05) is 17.5 Å². The van der Waals surface area contributed by atoms with E-state index in [9.17, 15) is 9.50 Å². The molecule has 0 bridgehead atoms. The minimum atomic E-state index is -0.622. The van der Waals surface area contributed by atoms with Crippen molar-refractivity contribution in [2.45, 2.75) is 12.7 Å². The summed E-state index contributed by atoms with van der Waals surface area (Å²) in [6, 6.07) is 10.1. The van der Waals surface area contributed by atoms with E-state index >= 15 is 0 Å². The normalized spacial score (nSPS) is 12.3. The maximum Gasteiger partial charge on any atom is 0.125 e. The van der Waals surface area contributed by atoms with Gasteiger partial charge in [0.25, 0.3) is 0 Å². The van der Waals surface area contributed by atoms with Crippen LogP contribution in [-0.2, 0) is 11.3 Å². The number of rotatable bonds is 7. The van der Waals surface area contributed by atoms with Crippen molar-refractivity contribution >= 4 is 17.0 Å². The Hall–Kier alpha value is -1.43. The van der Waals surface area contributed by atoms with Gasteiger partial charge in [0.05, 0.1) is 19.3 Å². The highest BCUT2D eigenvalue weighted by atomic mass is 32.1. The highest BCUT2D eigenvalue weighted by molar-refractivity contribution is 7.09. The third-order valence-electron chi connectivity index (χ3n) is 2.50. The Kier molecular flexibility index (Phi) is 5.32. The molecule has 0 fully saturated rings. The summed E-state index contributed by atoms with van der Waals surface area (Å²) in [6.45, 7) is 1.09. The number of hydrogen-bond donors (Lipinski definition) is 2. The van der Waals surface area contributed by atoms with Crippen LogP contribution in [0.2, 0.25) is 0 Å². The highest BCUT2D eigenvalue weighted by Gasteiger charge is 2.05. The fourth-order valence-electron chi connectivity index (χ4n) is 1.58. The number of thiophene rings is 1. The van der Waals surface area contributed by atoms with Crippen molar-refractivity contribution in [1.29, 1.82) is 0 Å². The summed E-state index contributed by atoms with van der Waals surface area (Å²) in [5.41, 5.74) is 0.650. The minimum Gasteiger partial charge on any atom is -0.389 e. The molecule has 3 nitrogen and oxygen atoms in total. The molecule has 0 aliphatic rings. The van der Waals surface area contributed by atoms with Gasteiger partial charge >= 0.3 is 0 Å². The Bertz CT molecular complexity index is 490. The Morgan fingerprint density at radius 2 is 2.21 bits per heavy atom. The monoisotopic (exact) mass is 281 g/mol. The van der Waals surface area contributed by atoms with E-state index in [0.717, 1.165) is 4.88 Å². The largest absolute Gasteiger partial charge is 0.389 e. The third kappa shape index (κ3) is 4.98. The summed E-state index contributed by atoms with van der Waals surface area (Å²) < 4.78 is 18.3. The fraction of sp³-hybridized carbons (Fsp3) is 0.286. The second-order valence-electron chi connectivity index (χ2n) is 4.14. The Morgan fingerprint density at radius 3 is 2.95 bits per heavy atom. The van der Waals surface area contributed by atoms with Gasteiger partial charge in [-0.1, -0.05) is 12.1 Å². The van der Waals surface area contributed by atoms with E-state index < -0.39 is 6.10 Å². The number of benzene rings is 1. The zero-order valence-electron chi connectivity index (χ0n) is 10.4. The van der Waals surface area contributed by atoms with Crippen LogP contribution in [0.15, 0.2) is 41.8 Å². The smallest absolute Gasteiger partial charge is 0.125 e. The van der Waals surface area contributed by atoms with Gasteiger partial charge in [0.1, 0.15) is 5.82 Å². The van der Waals surface area contributed by atoms with Gasteiger partial charge in [-0.3, -0.25) is 0 Å². The van der Waals surface area contributed by atoms with E-state index in [4.69, 9.17) is 4.74 Å². The number of aliphatic hydroxyl groups excluding tert-OH is 1. The molecular formula is C14H16FNO2S. The first-order valence-electron chi connectivity index (χ1n) is 6.01. The molecule has 0 saturated carbocycles. The highest BCUT2D eigenvalue weighted by Crippen LogP contribution is 2.10. The van der Waals surface area contributed by atoms with Gasteiger partial charge in [0.15, 0.2) is 0 Å². The van der Waals surface area contributed by atoms with Crippen LogP contribution in [0.25, 0.3) is 0 Å². The molecule has 0 saturated heterocycles. The molecule has 1 unspecified atom stereocenters. The maximum atomic E-state index is 12.9. The van der Waals surface area contributed by atoms with Crippen LogP contribution in [0.1, 0.15) is 4.88 Å². The topological polar surface area (TPSA) is 41.5 Å². The molecule has 1 aromatic carbocycles. The standard InChI is InChI=1S/C14H16FNO2S/c15-11-3-1-4-12(7-11)16-8-13(17)9-18-10-14-5-2-6-19-14/h1-7,13,16-17H,8-10H2. The van der Waals surface area contributed by atoms with Crippen LogP contribution in [0.3, 0.4) is 0 Å². The van der Waals surface area contributed by atoms with Crippen LogP contribution < -0.4 is 5.32 Å². The molecule has 0 amide bonds. The predicted octanol–water partition coefficient (Wildman–Crippen LogP) is 2.88. The lowest BCUT2D eigenvalue weighted by atomic mass is 10.3. The van der Waals surface area contributed by atoms with E-state index in [0.29, 0.717) is 18.8 Å². The van der Waals surface area contributed by atoms with Crippen LogP contribution in [0.4, 0.5) is 10.1 Å². The van der Waals surface area contributed by atoms with E-state index in [-0.39, 0.29) is 12.4 Å². The summed E-state index contributed by atoms with van der Waals surface area (Å²) >= 11 is 1.62. The average molecular weight is 281 g/mol. The summed E-state index contributed by atoms with van der Waals surface area (Å²) in [5.74, 6) is -0.298. The van der Waals surface area contributed by atoms with Gasteiger partial charge in [-0.15, -0.1) is 11.3 Å². The van der Waals surface area contributed by atoms with Gasteiger partial charge in [0, 0.05) is 17.1 Å². The van der Waals surface area contributed by atoms with Gasteiger partial charge < -0.3 is 15.2 Å². The summed E-state index contributed by atoms with van der Waals surface area (Å²) in [7, 11) is 0. The maximum absolute atomic E-state index is 12.9. The first-order valence-corrected chi connectivity index (χ1v) is 6.89. The van der Waals surface area contributed by atoms with Crippen LogP contribution in [0, 0.1) is 5.82 Å². The second-order valence-corrected chi connectivity index (χ2v) is 5.17. The quantitative estimate of drug-likeness (QED) is 0.820. The molecule has 0 aliphatic carbocycles. The van der Waals surface area contributed by atoms with Gasteiger partial charge in [-0.2, -0.15) is 0 Å². The lowest BCUT2D eigenvalue weighted by Crippen LogP contribution is -2.24. The van der Waals surface area contributed by atoms with Crippen LogP contribution >= 0.6 is 11.3 Å². The molecule has 1 atom stereocenters. The first-order chi connectivity index (χ1) is 9.24. The van der Waals surface area contributed by atoms with Crippen molar-refractivity contribution in [2.75, 3.05) is 18.5 Å². The van der Waals surface area contributed by atoms with Crippen molar-refractivity contribution in [3.8, 4) is 0 Å². The minimum absolute atomic E-state index is 0.250. The fourth-order valence-corrected chi connectivity index (χ4v) is 2.22. The SMILES string of the molecule is OC(CNc1cccc(F)c1)COCc1cccs1. The molecule has 2 rings (SSSR count). The first kappa shape index (κ1) is 14.0. The molecule has 2 N–H and O–H groups in total. The Morgan fingerprint density at radius 1 is 1.32 bits per heavy atom. The van der Waals surface area contributed by atoms with Crippen molar-refractivity contribution in [2.24, 2.45) is 0 Å². The summed E-state index contributed by atoms with van der Waals surface area (Å²) in [6.07, 6.45) is -0.622. The number of anilines is 1. The average Bonchev–Trinajstić information content (AvgIpc) is 2.90. The lowest BCUT2D eigenvalue weighted by Gasteiger charge is -2.13. The molecule has 2 aromatic rings. The Balaban J connectivity index is 1.65. The van der Waals surface area contributed by atoms with Crippen molar-refractivity contribution in [3.63, 3.8) is 0 Å². The Labute approximate surface area is 115 Å². The lowest BCUT2D eigenvalue weighted by molar-refractivity contribution is 0.0359. The summed E-state index contributed by atoms with van der Waals surface area (Å²) in [4.78, 5) is 1.13. The predicted molar refractivity (Wildman–Crippen MR) is 74.9 cm³/mol. The van der Waals surface area contributed by atoms with Crippen molar-refractivity contribution < 1.29 is 14.2 Å². The summed E-state index contributed by atoms with van der Waals surface area (Å²) in [5, 5.41) is 14.7. The number of halogens is 1. The van der Waals surface area contributed by atoms with E-state index in [1.165, 1.54) is 12.1 Å². The van der Waals surface area contributed by atoms with Gasteiger partial charge in [-0.25, -0.2) is 4.39 Å². The molecule has 5 heteroatoms. The molecule has 1 aromatic heterocycles. The zero-order chi connectivity index (χ0) is 13.5. The second kappa shape index (κ2) is 7.23. The number of aliphatic hydroxyl groups is 1. The number of hydrogen-bond acceptors (Lipinski definition) is 4. The molecule has 0 aliphatic heterocycles. The van der Waals surface area contributed by atoms with Crippen molar-refractivity contribution in [3.05, 3.63) is 52.5 Å². The molecule has 1 heterocycles. The number of nitrogens with one attached hydrogen (secondary N) is 1. The van der Waals surface area contributed by atoms with E-state index in [1.54, 1.807) is 23.5 Å². The zero-order valence-corrected chi connectivity index (χ0v) is 11.2. The molecule has 0 spiro atoms. The van der Waals surface area contributed by atoms with E-state index in [2.05, 4.69) is 5.32 Å². The van der Waals surface area contributed by atoms with Gasteiger partial charge in [-0.05, 0) is 29.6 Å².